The van der Waals surface area contributed by atoms with E-state index in [0.717, 1.165) is 25.2 Å². The topological polar surface area (TPSA) is 184 Å². The van der Waals surface area contributed by atoms with Crippen LogP contribution >= 0.6 is 7.60 Å². The number of rotatable bonds is 8. The van der Waals surface area contributed by atoms with Crippen LogP contribution in [0.3, 0.4) is 0 Å². The molecule has 1 fully saturated rings. The largest absolute Gasteiger partial charge is 0.480 e. The van der Waals surface area contributed by atoms with Gasteiger partial charge in [0.25, 0.3) is 0 Å². The molecule has 4 N–H and O–H groups in total. The minimum atomic E-state index is -4.71. The number of nitrogens with one attached hydrogen (secondary N) is 1. The van der Waals surface area contributed by atoms with E-state index in [9.17, 15) is 35.7 Å². The summed E-state index contributed by atoms with van der Waals surface area (Å²) in [5, 5.41) is 13.6. The Morgan fingerprint density at radius 3 is 2.32 bits per heavy atom. The number of carbonyl (C=O) groups excluding carboxylic acids is 1. The Balaban J connectivity index is 0.000000347. The zero-order chi connectivity index (χ0) is 25.9. The highest BCUT2D eigenvalue weighted by Gasteiger charge is 2.36. The van der Waals surface area contributed by atoms with E-state index in [-0.39, 0.29) is 17.0 Å². The summed E-state index contributed by atoms with van der Waals surface area (Å²) in [6, 6.07) is 2.05. The van der Waals surface area contributed by atoms with E-state index in [4.69, 9.17) is 19.4 Å². The Hall–Kier alpha value is -2.58. The van der Waals surface area contributed by atoms with Crippen LogP contribution in [0, 0.1) is 0 Å². The molecule has 16 heteroatoms. The standard InChI is InChI=1S/C15H12F3NO4S.C3H8NO5P/c1-24(21,22)12-6-9(15(16,17)18)4-5-10(12)13(20)11-7-19-23-14(11)8-2-3-8;5-3(6)1-4-2-10(7,8)9/h4-8H,2-3H2,1H3;4H,1-2H2,(H,5,6)(H2,7,8,9). The number of halogens is 3. The Labute approximate surface area is 191 Å². The van der Waals surface area contributed by atoms with E-state index in [1.807, 2.05) is 0 Å². The van der Waals surface area contributed by atoms with E-state index in [0.29, 0.717) is 17.9 Å². The highest BCUT2D eigenvalue weighted by Crippen LogP contribution is 2.42. The van der Waals surface area contributed by atoms with E-state index < -0.39 is 58.7 Å². The van der Waals surface area contributed by atoms with Gasteiger partial charge >= 0.3 is 19.7 Å². The van der Waals surface area contributed by atoms with Gasteiger partial charge < -0.3 is 19.4 Å². The first-order chi connectivity index (χ1) is 15.5. The molecule has 0 saturated heterocycles. The van der Waals surface area contributed by atoms with Gasteiger partial charge in [0.2, 0.25) is 0 Å². The van der Waals surface area contributed by atoms with Crippen LogP contribution in [0.5, 0.6) is 0 Å². The van der Waals surface area contributed by atoms with Crippen LogP contribution in [0.2, 0.25) is 0 Å². The number of carboxylic acid groups (broad SMARTS) is 1. The van der Waals surface area contributed by atoms with Gasteiger partial charge in [-0.3, -0.25) is 19.5 Å². The quantitative estimate of drug-likeness (QED) is 0.290. The van der Waals surface area contributed by atoms with Crippen LogP contribution in [-0.4, -0.2) is 59.3 Å². The van der Waals surface area contributed by atoms with Gasteiger partial charge in [-0.15, -0.1) is 0 Å². The van der Waals surface area contributed by atoms with Crippen LogP contribution in [0.25, 0.3) is 0 Å². The minimum Gasteiger partial charge on any atom is -0.480 e. The third-order valence-electron chi connectivity index (χ3n) is 4.34. The average molecular weight is 528 g/mol. The summed E-state index contributed by atoms with van der Waals surface area (Å²) in [7, 11) is -8.14. The number of alkyl halides is 3. The highest BCUT2D eigenvalue weighted by molar-refractivity contribution is 7.90. The van der Waals surface area contributed by atoms with Crippen molar-refractivity contribution in [3.05, 3.63) is 46.8 Å². The molecule has 1 saturated carbocycles. The van der Waals surface area contributed by atoms with Crippen molar-refractivity contribution in [2.45, 2.75) is 29.8 Å². The average Bonchev–Trinajstić information content (AvgIpc) is 3.41. The molecule has 34 heavy (non-hydrogen) atoms. The third-order valence-corrected chi connectivity index (χ3v) is 6.11. The zero-order valence-corrected chi connectivity index (χ0v) is 19.2. The molecule has 0 radical (unpaired) electrons. The van der Waals surface area contributed by atoms with Gasteiger partial charge in [-0.05, 0) is 31.0 Å². The predicted molar refractivity (Wildman–Crippen MR) is 109 cm³/mol. The zero-order valence-electron chi connectivity index (χ0n) is 17.4. The van der Waals surface area contributed by atoms with Gasteiger partial charge in [-0.25, -0.2) is 8.42 Å². The van der Waals surface area contributed by atoms with Crippen molar-refractivity contribution in [3.63, 3.8) is 0 Å². The summed E-state index contributed by atoms with van der Waals surface area (Å²) in [5.74, 6) is -1.47. The molecule has 0 unspecified atom stereocenters. The second kappa shape index (κ2) is 10.4. The van der Waals surface area contributed by atoms with Gasteiger partial charge in [0.15, 0.2) is 21.4 Å². The minimum absolute atomic E-state index is 0.0441. The lowest BCUT2D eigenvalue weighted by Crippen LogP contribution is -2.23. The number of sulfone groups is 1. The summed E-state index contributed by atoms with van der Waals surface area (Å²) >= 11 is 0. The van der Waals surface area contributed by atoms with E-state index in [1.54, 1.807) is 0 Å². The van der Waals surface area contributed by atoms with Crippen LogP contribution in [-0.2, 0) is 25.4 Å². The number of carboxylic acids is 1. The second-order valence-electron chi connectivity index (χ2n) is 7.33. The normalized spacial score (nSPS) is 14.3. The van der Waals surface area contributed by atoms with Gasteiger partial charge in [0, 0.05) is 17.7 Å². The molecule has 1 aromatic carbocycles. The molecule has 1 aliphatic rings. The smallest absolute Gasteiger partial charge is 0.416 e. The van der Waals surface area contributed by atoms with E-state index >= 15 is 0 Å². The lowest BCUT2D eigenvalue weighted by Gasteiger charge is -2.11. The van der Waals surface area contributed by atoms with Crippen LogP contribution in [0.15, 0.2) is 33.8 Å². The number of aliphatic carboxylic acids is 1. The van der Waals surface area contributed by atoms with E-state index in [2.05, 4.69) is 10.5 Å². The second-order valence-corrected chi connectivity index (χ2v) is 11.0. The molecule has 11 nitrogen and oxygen atoms in total. The van der Waals surface area contributed by atoms with Crippen molar-refractivity contribution >= 4 is 29.2 Å². The maximum Gasteiger partial charge on any atom is 0.416 e. The molecule has 0 spiro atoms. The molecule has 188 valence electrons. The SMILES string of the molecule is CS(=O)(=O)c1cc(C(F)(F)F)ccc1C(=O)c1cnoc1C1CC1.O=C(O)CNCP(=O)(O)O. The van der Waals surface area contributed by atoms with Gasteiger partial charge in [-0.1, -0.05) is 5.16 Å². The molecule has 2 aromatic rings. The van der Waals surface area contributed by atoms with E-state index in [1.165, 1.54) is 6.20 Å². The molecule has 0 amide bonds. The Bertz CT molecular complexity index is 1220. The van der Waals surface area contributed by atoms with Crippen molar-refractivity contribution in [1.82, 2.24) is 10.5 Å². The lowest BCUT2D eigenvalue weighted by molar-refractivity contribution is -0.138. The fraction of sp³-hybridized carbons (Fsp3) is 0.389. The monoisotopic (exact) mass is 528 g/mol. The third kappa shape index (κ3) is 8.02. The van der Waals surface area contributed by atoms with Crippen molar-refractivity contribution in [3.8, 4) is 0 Å². The molecular weight excluding hydrogens is 508 g/mol. The van der Waals surface area contributed by atoms with Crippen LogP contribution in [0.4, 0.5) is 13.2 Å². The molecule has 0 atom stereocenters. The summed E-state index contributed by atoms with van der Waals surface area (Å²) in [5.41, 5.74) is -1.37. The Kier molecular flexibility index (Phi) is 8.43. The first-order valence-electron chi connectivity index (χ1n) is 9.38. The lowest BCUT2D eigenvalue weighted by atomic mass is 10.0. The number of aromatic nitrogens is 1. The number of hydrogen-bond donors (Lipinski definition) is 4. The fourth-order valence-corrected chi connectivity index (χ4v) is 4.01. The summed E-state index contributed by atoms with van der Waals surface area (Å²) in [6.45, 7) is -0.439. The Morgan fingerprint density at radius 1 is 1.24 bits per heavy atom. The first kappa shape index (κ1) is 27.7. The fourth-order valence-electron chi connectivity index (χ4n) is 2.71. The highest BCUT2D eigenvalue weighted by atomic mass is 32.2. The summed E-state index contributed by atoms with van der Waals surface area (Å²) in [4.78, 5) is 38.1. The number of hydrogen-bond acceptors (Lipinski definition) is 8. The Morgan fingerprint density at radius 2 is 1.85 bits per heavy atom. The maximum atomic E-state index is 12.8. The molecule has 1 aliphatic carbocycles. The van der Waals surface area contributed by atoms with Crippen molar-refractivity contribution in [2.24, 2.45) is 0 Å². The molecule has 1 heterocycles. The van der Waals surface area contributed by atoms with Crippen molar-refractivity contribution in [1.29, 1.82) is 0 Å². The summed E-state index contributed by atoms with van der Waals surface area (Å²) < 4.78 is 77.4. The number of ketones is 1. The molecule has 1 aromatic heterocycles. The van der Waals surface area contributed by atoms with Gasteiger partial charge in [-0.2, -0.15) is 13.2 Å². The van der Waals surface area contributed by atoms with Crippen LogP contribution < -0.4 is 5.32 Å². The summed E-state index contributed by atoms with van der Waals surface area (Å²) in [6.07, 6.45) is -1.74. The molecule has 3 rings (SSSR count). The van der Waals surface area contributed by atoms with Gasteiger partial charge in [0.05, 0.1) is 35.0 Å². The number of nitrogens with zero attached hydrogens (tertiary/aromatic N) is 1. The van der Waals surface area contributed by atoms with Crippen LogP contribution in [0.1, 0.15) is 46.0 Å². The molecule has 0 bridgehead atoms. The first-order valence-corrected chi connectivity index (χ1v) is 13.1. The molecule has 0 aliphatic heterocycles. The maximum absolute atomic E-state index is 12.8. The number of benzene rings is 1. The van der Waals surface area contributed by atoms with Crippen molar-refractivity contribution in [2.75, 3.05) is 19.1 Å². The number of carbonyl (C=O) groups is 2. The van der Waals surface area contributed by atoms with Crippen molar-refractivity contribution < 1.29 is 55.2 Å². The molecular formula is C18H20F3N2O9PS. The predicted octanol–water partition coefficient (Wildman–Crippen LogP) is 2.00. The van der Waals surface area contributed by atoms with Gasteiger partial charge in [0.1, 0.15) is 0 Å².